The third kappa shape index (κ3) is 6.06. The highest BCUT2D eigenvalue weighted by atomic mass is 14.2. The molecule has 0 aliphatic carbocycles. The first kappa shape index (κ1) is 29.5. The highest BCUT2D eigenvalue weighted by Crippen LogP contribution is 2.39. The summed E-state index contributed by atoms with van der Waals surface area (Å²) in [4.78, 5) is 0. The van der Waals surface area contributed by atoms with Crippen LogP contribution in [0.15, 0.2) is 176 Å². The van der Waals surface area contributed by atoms with Gasteiger partial charge in [-0.25, -0.2) is 0 Å². The first-order chi connectivity index (χ1) is 23.1. The zero-order valence-electron chi connectivity index (χ0n) is 26.3. The van der Waals surface area contributed by atoms with E-state index in [1.807, 2.05) is 36.4 Å². The van der Waals surface area contributed by atoms with E-state index in [1.54, 1.807) is 0 Å². The number of aryl methyl sites for hydroxylation is 1. The summed E-state index contributed by atoms with van der Waals surface area (Å²) >= 11 is 0. The van der Waals surface area contributed by atoms with Crippen molar-refractivity contribution in [2.75, 3.05) is 0 Å². The third-order valence-corrected chi connectivity index (χ3v) is 8.91. The van der Waals surface area contributed by atoms with Crippen molar-refractivity contribution < 1.29 is 0 Å². The Morgan fingerprint density at radius 1 is 0.532 bits per heavy atom. The van der Waals surface area contributed by atoms with E-state index in [-0.39, 0.29) is 0 Å². The maximum Gasteiger partial charge on any atom is 0.0991 e. The molecule has 0 bridgehead atoms. The van der Waals surface area contributed by atoms with E-state index in [4.69, 9.17) is 0 Å². The molecule has 0 aliphatic rings. The second-order valence-electron chi connectivity index (χ2n) is 11.8. The summed E-state index contributed by atoms with van der Waals surface area (Å²) in [5.74, 6) is 0. The van der Waals surface area contributed by atoms with Crippen LogP contribution in [0.25, 0.3) is 55.3 Å². The Bertz CT molecular complexity index is 2270. The summed E-state index contributed by atoms with van der Waals surface area (Å²) in [6.45, 7) is 6.78. The normalized spacial score (nSPS) is 11.3. The van der Waals surface area contributed by atoms with Gasteiger partial charge in [0, 0.05) is 0 Å². The van der Waals surface area contributed by atoms with Crippen molar-refractivity contribution in [1.82, 2.24) is 0 Å². The van der Waals surface area contributed by atoms with Gasteiger partial charge in [-0.15, -0.1) is 0 Å². The number of rotatable bonds is 7. The molecule has 1 nitrogen and oxygen atoms in total. The van der Waals surface area contributed by atoms with Gasteiger partial charge >= 0.3 is 0 Å². The minimum atomic E-state index is 0.652. The monoisotopic (exact) mass is 599 g/mol. The van der Waals surface area contributed by atoms with Crippen LogP contribution >= 0.6 is 0 Å². The summed E-state index contributed by atoms with van der Waals surface area (Å²) in [6.07, 6.45) is 2.23. The van der Waals surface area contributed by atoms with E-state index in [9.17, 15) is 5.26 Å². The molecule has 0 saturated carbocycles. The average molecular weight is 600 g/mol. The van der Waals surface area contributed by atoms with Gasteiger partial charge in [-0.3, -0.25) is 0 Å². The molecule has 0 amide bonds. The summed E-state index contributed by atoms with van der Waals surface area (Å²) < 4.78 is 0. The van der Waals surface area contributed by atoms with Gasteiger partial charge in [-0.2, -0.15) is 5.26 Å². The summed E-state index contributed by atoms with van der Waals surface area (Å²) in [7, 11) is 0. The number of nitriles is 1. The Morgan fingerprint density at radius 3 is 1.55 bits per heavy atom. The number of benzene rings is 7. The molecule has 7 aromatic rings. The number of allylic oxidation sites excluding steroid dienone is 2. The van der Waals surface area contributed by atoms with E-state index in [2.05, 4.69) is 153 Å². The van der Waals surface area contributed by atoms with Gasteiger partial charge in [0.1, 0.15) is 0 Å². The number of nitrogens with zero attached hydrogens (tertiary/aromatic N) is 1. The minimum Gasteiger partial charge on any atom is -0.192 e. The second kappa shape index (κ2) is 13.0. The number of fused-ring (bicyclic) bond motifs is 1. The van der Waals surface area contributed by atoms with Crippen molar-refractivity contribution in [3.63, 3.8) is 0 Å². The van der Waals surface area contributed by atoms with E-state index in [0.29, 0.717) is 5.56 Å². The fraction of sp³-hybridized carbons (Fsp3) is 0.0217. The second-order valence-corrected chi connectivity index (χ2v) is 11.8. The van der Waals surface area contributed by atoms with Crippen LogP contribution in [0.5, 0.6) is 0 Å². The Hall–Kier alpha value is -6.23. The predicted octanol–water partition coefficient (Wildman–Crippen LogP) is 12.2. The standard InChI is InChI=1S/C46H33N/c1-32(35-21-23-38(24-22-35)36-11-5-3-6-12-36)29-45(41-27-25-39(26-28-41)37-13-7-4-8-14-37)44-30-46(40-19-17-34(31-47)18-20-40)43-16-10-9-15-42(43)33(44)2/h3-30H,1H2,2H3/b45-29-. The molecular formula is C46H33N. The van der Waals surface area contributed by atoms with E-state index < -0.39 is 0 Å². The Kier molecular flexibility index (Phi) is 8.16. The largest absolute Gasteiger partial charge is 0.192 e. The zero-order chi connectivity index (χ0) is 32.2. The lowest BCUT2D eigenvalue weighted by Crippen LogP contribution is -1.97. The van der Waals surface area contributed by atoms with Gasteiger partial charge in [0.05, 0.1) is 11.6 Å². The van der Waals surface area contributed by atoms with Gasteiger partial charge in [-0.05, 0) is 109 Å². The lowest BCUT2D eigenvalue weighted by molar-refractivity contribution is 1.45. The molecule has 0 atom stereocenters. The molecule has 0 heterocycles. The number of hydrogen-bond donors (Lipinski definition) is 0. The Balaban J connectivity index is 1.38. The smallest absolute Gasteiger partial charge is 0.0991 e. The molecule has 47 heavy (non-hydrogen) atoms. The molecule has 0 aliphatic heterocycles. The van der Waals surface area contributed by atoms with Gasteiger partial charge in [0.2, 0.25) is 0 Å². The highest BCUT2D eigenvalue weighted by Gasteiger charge is 2.16. The SMILES string of the molecule is C=C(/C=C(/c1ccc(-c2ccccc2)cc1)c1cc(-c2ccc(C#N)cc2)c2ccccc2c1C)c1ccc(-c2ccccc2)cc1. The van der Waals surface area contributed by atoms with Crippen LogP contribution in [0.1, 0.15) is 27.8 Å². The summed E-state index contributed by atoms with van der Waals surface area (Å²) in [6, 6.07) is 59.4. The molecule has 222 valence electrons. The zero-order valence-corrected chi connectivity index (χ0v) is 26.3. The van der Waals surface area contributed by atoms with Crippen LogP contribution < -0.4 is 0 Å². The van der Waals surface area contributed by atoms with Crippen molar-refractivity contribution >= 4 is 21.9 Å². The van der Waals surface area contributed by atoms with Crippen LogP contribution in [-0.2, 0) is 0 Å². The van der Waals surface area contributed by atoms with Crippen molar-refractivity contribution in [3.05, 3.63) is 204 Å². The molecule has 0 spiro atoms. The van der Waals surface area contributed by atoms with Gasteiger partial charge in [0.15, 0.2) is 0 Å². The third-order valence-electron chi connectivity index (χ3n) is 8.91. The fourth-order valence-corrected chi connectivity index (χ4v) is 6.32. The molecule has 0 saturated heterocycles. The first-order valence-electron chi connectivity index (χ1n) is 15.8. The lowest BCUT2D eigenvalue weighted by Gasteiger charge is -2.19. The molecule has 7 aromatic carbocycles. The molecule has 0 unspecified atom stereocenters. The molecule has 0 N–H and O–H groups in total. The number of hydrogen-bond acceptors (Lipinski definition) is 1. The van der Waals surface area contributed by atoms with Crippen LogP contribution in [-0.4, -0.2) is 0 Å². The highest BCUT2D eigenvalue weighted by molar-refractivity contribution is 6.04. The Morgan fingerprint density at radius 2 is 1.00 bits per heavy atom. The van der Waals surface area contributed by atoms with Gasteiger partial charge in [-0.1, -0.05) is 152 Å². The van der Waals surface area contributed by atoms with Crippen LogP contribution in [0.3, 0.4) is 0 Å². The van der Waals surface area contributed by atoms with Crippen LogP contribution in [0, 0.1) is 18.3 Å². The van der Waals surface area contributed by atoms with E-state index in [0.717, 1.165) is 39.0 Å². The molecule has 0 radical (unpaired) electrons. The maximum atomic E-state index is 9.43. The average Bonchev–Trinajstić information content (AvgIpc) is 3.15. The van der Waals surface area contributed by atoms with Gasteiger partial charge < -0.3 is 0 Å². The van der Waals surface area contributed by atoms with Crippen molar-refractivity contribution in [3.8, 4) is 39.4 Å². The Labute approximate surface area is 277 Å². The van der Waals surface area contributed by atoms with Crippen molar-refractivity contribution in [1.29, 1.82) is 5.26 Å². The maximum absolute atomic E-state index is 9.43. The first-order valence-corrected chi connectivity index (χ1v) is 15.8. The summed E-state index contributed by atoms with van der Waals surface area (Å²) in [5, 5.41) is 11.8. The molecular weight excluding hydrogens is 567 g/mol. The van der Waals surface area contributed by atoms with Crippen LogP contribution in [0.2, 0.25) is 0 Å². The summed E-state index contributed by atoms with van der Waals surface area (Å²) in [5.41, 5.74) is 14.2. The van der Waals surface area contributed by atoms with Crippen LogP contribution in [0.4, 0.5) is 0 Å². The molecule has 7 rings (SSSR count). The lowest BCUT2D eigenvalue weighted by atomic mass is 9.85. The van der Waals surface area contributed by atoms with Crippen molar-refractivity contribution in [2.45, 2.75) is 6.92 Å². The fourth-order valence-electron chi connectivity index (χ4n) is 6.32. The van der Waals surface area contributed by atoms with Gasteiger partial charge in [0.25, 0.3) is 0 Å². The molecule has 0 aromatic heterocycles. The predicted molar refractivity (Wildman–Crippen MR) is 199 cm³/mol. The minimum absolute atomic E-state index is 0.652. The topological polar surface area (TPSA) is 23.8 Å². The quantitative estimate of drug-likeness (QED) is 0.167. The van der Waals surface area contributed by atoms with E-state index >= 15 is 0 Å². The van der Waals surface area contributed by atoms with Crippen molar-refractivity contribution in [2.24, 2.45) is 0 Å². The molecule has 0 fully saturated rings. The van der Waals surface area contributed by atoms with E-state index in [1.165, 1.54) is 38.6 Å². The molecule has 1 heteroatoms.